The molecule has 0 unspecified atom stereocenters. The first-order chi connectivity index (χ1) is 8.25. The largest absolute Gasteiger partial charge is 0.614 e. The van der Waals surface area contributed by atoms with Gasteiger partial charge in [-0.05, 0) is 24.3 Å². The van der Waals surface area contributed by atoms with Gasteiger partial charge in [0.2, 0.25) is 0 Å². The Hall–Kier alpha value is -1.56. The van der Waals surface area contributed by atoms with E-state index in [9.17, 15) is 8.63 Å². The van der Waals surface area contributed by atoms with Gasteiger partial charge in [0.1, 0.15) is 5.76 Å². The van der Waals surface area contributed by atoms with Crippen LogP contribution in [0.3, 0.4) is 0 Å². The number of benzene rings is 1. The highest BCUT2D eigenvalue weighted by molar-refractivity contribution is 8.24. The molecule has 0 saturated carbocycles. The fourth-order valence-corrected chi connectivity index (χ4v) is 1.85. The smallest absolute Gasteiger partial charge is 0.463 e. The van der Waals surface area contributed by atoms with Gasteiger partial charge in [-0.15, -0.1) is 0 Å². The topological polar surface area (TPSA) is 25.5 Å². The van der Waals surface area contributed by atoms with Crippen molar-refractivity contribution < 1.29 is 13.0 Å². The molecule has 0 N–H and O–H groups in total. The van der Waals surface area contributed by atoms with Crippen molar-refractivity contribution in [3.63, 3.8) is 0 Å². The van der Waals surface area contributed by atoms with E-state index in [-0.39, 0.29) is 0 Å². The molecule has 0 amide bonds. The summed E-state index contributed by atoms with van der Waals surface area (Å²) in [5, 5.41) is 0. The normalized spacial score (nSPS) is 10.9. The molecule has 86 valence electrons. The van der Waals surface area contributed by atoms with E-state index < -0.39 is 6.55 Å². The number of rotatable bonds is 4. The summed E-state index contributed by atoms with van der Waals surface area (Å²) in [7, 11) is 0. The van der Waals surface area contributed by atoms with Gasteiger partial charge in [-0.3, -0.25) is 13.6 Å². The maximum absolute atomic E-state index is 12.3. The van der Waals surface area contributed by atoms with Crippen molar-refractivity contribution in [2.24, 2.45) is 4.99 Å². The predicted octanol–water partition coefficient (Wildman–Crippen LogP) is 4.05. The van der Waals surface area contributed by atoms with Gasteiger partial charge in [-0.25, -0.2) is 0 Å². The molecule has 17 heavy (non-hydrogen) atoms. The standard InChI is InChI=1S/C11H8BF2NOS/c13-12(14)17-11-6-2-1-5-10(11)15-8-9-4-3-7-16-9/h1-8H. The van der Waals surface area contributed by atoms with E-state index in [2.05, 4.69) is 4.99 Å². The molecule has 0 fully saturated rings. The number of halogens is 2. The van der Waals surface area contributed by atoms with Gasteiger partial charge >= 0.3 is 6.55 Å². The second kappa shape index (κ2) is 5.68. The maximum atomic E-state index is 12.3. The van der Waals surface area contributed by atoms with E-state index in [0.717, 1.165) is 0 Å². The lowest BCUT2D eigenvalue weighted by Gasteiger charge is -2.01. The highest BCUT2D eigenvalue weighted by Gasteiger charge is 2.16. The second-order valence-electron chi connectivity index (χ2n) is 3.12. The van der Waals surface area contributed by atoms with Crippen LogP contribution in [0.25, 0.3) is 0 Å². The van der Waals surface area contributed by atoms with Gasteiger partial charge in [-0.2, -0.15) is 0 Å². The van der Waals surface area contributed by atoms with E-state index in [1.165, 1.54) is 12.5 Å². The monoisotopic (exact) mass is 251 g/mol. The molecular weight excluding hydrogens is 243 g/mol. The highest BCUT2D eigenvalue weighted by atomic mass is 32.2. The van der Waals surface area contributed by atoms with E-state index in [0.29, 0.717) is 28.0 Å². The SMILES string of the molecule is FB(F)Sc1ccccc1N=Cc1ccco1. The van der Waals surface area contributed by atoms with Crippen molar-refractivity contribution >= 4 is 30.1 Å². The van der Waals surface area contributed by atoms with Crippen LogP contribution < -0.4 is 0 Å². The number of aliphatic imine (C=N–C) groups is 1. The van der Waals surface area contributed by atoms with Crippen LogP contribution in [-0.4, -0.2) is 12.8 Å². The van der Waals surface area contributed by atoms with Crippen LogP contribution in [0.2, 0.25) is 0 Å². The van der Waals surface area contributed by atoms with Crippen molar-refractivity contribution in [1.29, 1.82) is 0 Å². The minimum absolute atomic E-state index is 0.449. The van der Waals surface area contributed by atoms with E-state index >= 15 is 0 Å². The minimum Gasteiger partial charge on any atom is -0.463 e. The molecular formula is C11H8BF2NOS. The number of para-hydroxylation sites is 1. The van der Waals surface area contributed by atoms with E-state index in [1.54, 1.807) is 36.4 Å². The maximum Gasteiger partial charge on any atom is 0.614 e. The fraction of sp³-hybridized carbons (Fsp3) is 0. The number of furan rings is 1. The molecule has 0 radical (unpaired) electrons. The van der Waals surface area contributed by atoms with Gasteiger partial charge in [0.25, 0.3) is 0 Å². The molecule has 2 rings (SSSR count). The third-order valence-corrected chi connectivity index (χ3v) is 2.73. The van der Waals surface area contributed by atoms with Crippen molar-refractivity contribution in [1.82, 2.24) is 0 Å². The minimum atomic E-state index is -2.45. The Bertz CT molecular complexity index is 502. The number of hydrogen-bond acceptors (Lipinski definition) is 3. The van der Waals surface area contributed by atoms with Crippen molar-refractivity contribution in [2.45, 2.75) is 4.90 Å². The Morgan fingerprint density at radius 2 is 2.00 bits per heavy atom. The zero-order valence-corrected chi connectivity index (χ0v) is 9.53. The summed E-state index contributed by atoms with van der Waals surface area (Å²) in [6, 6.07) is 10.2. The van der Waals surface area contributed by atoms with Crippen LogP contribution in [0.15, 0.2) is 57.0 Å². The molecule has 0 saturated heterocycles. The molecule has 0 atom stereocenters. The highest BCUT2D eigenvalue weighted by Crippen LogP contribution is 2.31. The molecule has 0 aliphatic carbocycles. The second-order valence-corrected chi connectivity index (χ2v) is 4.15. The summed E-state index contributed by atoms with van der Waals surface area (Å²) in [6.45, 7) is -2.45. The van der Waals surface area contributed by atoms with Crippen LogP contribution in [-0.2, 0) is 0 Å². The van der Waals surface area contributed by atoms with E-state index in [1.807, 2.05) is 0 Å². The molecule has 2 nitrogen and oxygen atoms in total. The van der Waals surface area contributed by atoms with Gasteiger partial charge in [-0.1, -0.05) is 23.7 Å². The molecule has 2 aromatic rings. The Balaban J connectivity index is 2.20. The van der Waals surface area contributed by atoms with Crippen molar-refractivity contribution in [3.05, 3.63) is 48.4 Å². The zero-order chi connectivity index (χ0) is 12.1. The summed E-state index contributed by atoms with van der Waals surface area (Å²) in [5.41, 5.74) is 0.509. The van der Waals surface area contributed by atoms with Gasteiger partial charge in [0.15, 0.2) is 0 Å². The Morgan fingerprint density at radius 3 is 2.71 bits per heavy atom. The molecule has 1 aromatic carbocycles. The third-order valence-electron chi connectivity index (χ3n) is 1.96. The fourth-order valence-electron chi connectivity index (χ4n) is 1.26. The lowest BCUT2D eigenvalue weighted by Crippen LogP contribution is -1.88. The Morgan fingerprint density at radius 1 is 1.18 bits per heavy atom. The number of hydrogen-bond donors (Lipinski definition) is 0. The first kappa shape index (κ1) is 11.9. The molecule has 0 bridgehead atoms. The molecule has 0 aliphatic heterocycles. The summed E-state index contributed by atoms with van der Waals surface area (Å²) in [4.78, 5) is 4.58. The number of nitrogens with zero attached hydrogens (tertiary/aromatic N) is 1. The lowest BCUT2D eigenvalue weighted by molar-refractivity contribution is 0.560. The summed E-state index contributed by atoms with van der Waals surface area (Å²) in [5.74, 6) is 0.585. The molecule has 0 aliphatic rings. The quantitative estimate of drug-likeness (QED) is 0.605. The van der Waals surface area contributed by atoms with Gasteiger partial charge in [0.05, 0.1) is 18.2 Å². The van der Waals surface area contributed by atoms with Crippen molar-refractivity contribution in [2.75, 3.05) is 0 Å². The summed E-state index contributed by atoms with van der Waals surface area (Å²) < 4.78 is 29.7. The Kier molecular flexibility index (Phi) is 3.98. The van der Waals surface area contributed by atoms with Gasteiger partial charge in [0, 0.05) is 4.90 Å². The first-order valence-corrected chi connectivity index (χ1v) is 5.75. The lowest BCUT2D eigenvalue weighted by atomic mass is 10.3. The van der Waals surface area contributed by atoms with Crippen molar-refractivity contribution in [3.8, 4) is 0 Å². The van der Waals surface area contributed by atoms with Crippen LogP contribution in [0.5, 0.6) is 0 Å². The average molecular weight is 251 g/mol. The average Bonchev–Trinajstić information content (AvgIpc) is 2.80. The molecule has 1 aromatic heterocycles. The predicted molar refractivity (Wildman–Crippen MR) is 66.2 cm³/mol. The first-order valence-electron chi connectivity index (χ1n) is 4.87. The van der Waals surface area contributed by atoms with Crippen LogP contribution in [0.4, 0.5) is 14.3 Å². The van der Waals surface area contributed by atoms with Gasteiger partial charge < -0.3 is 4.42 Å². The Labute approximate surface area is 102 Å². The zero-order valence-electron chi connectivity index (χ0n) is 8.72. The van der Waals surface area contributed by atoms with Crippen LogP contribution in [0, 0.1) is 0 Å². The van der Waals surface area contributed by atoms with Crippen LogP contribution >= 0.6 is 11.6 Å². The molecule has 0 spiro atoms. The summed E-state index contributed by atoms with van der Waals surface area (Å²) >= 11 is 0.485. The molecule has 1 heterocycles. The van der Waals surface area contributed by atoms with Crippen LogP contribution in [0.1, 0.15) is 5.76 Å². The molecule has 6 heteroatoms. The summed E-state index contributed by atoms with van der Waals surface area (Å²) in [6.07, 6.45) is 3.03. The third kappa shape index (κ3) is 3.46. The van der Waals surface area contributed by atoms with E-state index in [4.69, 9.17) is 4.42 Å².